The summed E-state index contributed by atoms with van der Waals surface area (Å²) >= 11 is 6.32. The second-order valence-electron chi connectivity index (χ2n) is 9.56. The summed E-state index contributed by atoms with van der Waals surface area (Å²) in [5.74, 6) is 1.35. The van der Waals surface area contributed by atoms with Crippen LogP contribution in [0.15, 0.2) is 72.8 Å². The molecule has 0 saturated heterocycles. The monoisotopic (exact) mass is 532 g/mol. The highest BCUT2D eigenvalue weighted by molar-refractivity contribution is 6.31. The highest BCUT2D eigenvalue weighted by Gasteiger charge is 2.35. The van der Waals surface area contributed by atoms with E-state index in [0.29, 0.717) is 30.3 Å². The SMILES string of the molecule is COCCCCCCOc1ccc(C2c3[nH]c4ccc(Cl)cc4c3CCN2C(=O)Oc2ccccc2)cc1. The van der Waals surface area contributed by atoms with Crippen molar-refractivity contribution in [3.63, 3.8) is 0 Å². The summed E-state index contributed by atoms with van der Waals surface area (Å²) in [7, 11) is 1.74. The maximum atomic E-state index is 13.4. The van der Waals surface area contributed by atoms with E-state index in [1.807, 2.05) is 60.7 Å². The number of ether oxygens (including phenoxy) is 3. The molecule has 1 N–H and O–H groups in total. The van der Waals surface area contributed by atoms with Gasteiger partial charge in [0.1, 0.15) is 17.5 Å². The van der Waals surface area contributed by atoms with E-state index >= 15 is 0 Å². The third-order valence-corrected chi connectivity index (χ3v) is 7.21. The van der Waals surface area contributed by atoms with Crippen LogP contribution in [0.5, 0.6) is 11.5 Å². The molecule has 0 bridgehead atoms. The Kier molecular flexibility index (Phi) is 8.51. The molecule has 1 atom stereocenters. The van der Waals surface area contributed by atoms with Gasteiger partial charge in [-0.2, -0.15) is 0 Å². The highest BCUT2D eigenvalue weighted by Crippen LogP contribution is 2.40. The number of methoxy groups -OCH3 is 1. The summed E-state index contributed by atoms with van der Waals surface area (Å²) in [4.78, 5) is 18.8. The molecule has 0 aliphatic carbocycles. The van der Waals surface area contributed by atoms with Crippen LogP contribution in [0.1, 0.15) is 48.5 Å². The molecule has 1 amide bonds. The van der Waals surface area contributed by atoms with Crippen molar-refractivity contribution in [2.45, 2.75) is 38.1 Å². The Balaban J connectivity index is 1.37. The first-order valence-corrected chi connectivity index (χ1v) is 13.6. The molecule has 0 fully saturated rings. The molecule has 2 heterocycles. The molecule has 0 spiro atoms. The Morgan fingerprint density at radius 1 is 0.947 bits per heavy atom. The minimum atomic E-state index is -0.377. The van der Waals surface area contributed by atoms with Crippen LogP contribution >= 0.6 is 11.6 Å². The number of halogens is 1. The lowest BCUT2D eigenvalue weighted by Crippen LogP contribution is -2.42. The van der Waals surface area contributed by atoms with Crippen LogP contribution in [0, 0.1) is 0 Å². The molecule has 1 aliphatic rings. The van der Waals surface area contributed by atoms with Gasteiger partial charge >= 0.3 is 6.09 Å². The van der Waals surface area contributed by atoms with Crippen LogP contribution in [0.25, 0.3) is 10.9 Å². The van der Waals surface area contributed by atoms with E-state index in [1.54, 1.807) is 24.1 Å². The van der Waals surface area contributed by atoms with E-state index in [9.17, 15) is 4.79 Å². The Labute approximate surface area is 228 Å². The van der Waals surface area contributed by atoms with E-state index in [-0.39, 0.29) is 12.1 Å². The third-order valence-electron chi connectivity index (χ3n) is 6.98. The molecule has 1 unspecified atom stereocenters. The second kappa shape index (κ2) is 12.4. The first kappa shape index (κ1) is 26.1. The van der Waals surface area contributed by atoms with E-state index < -0.39 is 0 Å². The van der Waals surface area contributed by atoms with Gasteiger partial charge in [-0.3, -0.25) is 4.90 Å². The van der Waals surface area contributed by atoms with Crippen LogP contribution in [-0.2, 0) is 11.2 Å². The molecule has 6 nitrogen and oxygen atoms in total. The van der Waals surface area contributed by atoms with Gasteiger partial charge in [0.15, 0.2) is 0 Å². The number of H-pyrrole nitrogens is 1. The fourth-order valence-corrected chi connectivity index (χ4v) is 5.26. The smallest absolute Gasteiger partial charge is 0.416 e. The predicted molar refractivity (Wildman–Crippen MR) is 150 cm³/mol. The third kappa shape index (κ3) is 5.98. The number of aromatic amines is 1. The van der Waals surface area contributed by atoms with Crippen LogP contribution < -0.4 is 9.47 Å². The molecule has 1 aliphatic heterocycles. The Hall–Kier alpha value is -3.48. The average molecular weight is 533 g/mol. The maximum absolute atomic E-state index is 13.4. The molecule has 198 valence electrons. The number of benzene rings is 3. The van der Waals surface area contributed by atoms with Gasteiger partial charge in [0.2, 0.25) is 0 Å². The van der Waals surface area contributed by atoms with Crippen molar-refractivity contribution >= 4 is 28.6 Å². The van der Waals surface area contributed by atoms with Crippen molar-refractivity contribution in [3.8, 4) is 11.5 Å². The van der Waals surface area contributed by atoms with E-state index in [1.165, 1.54) is 5.56 Å². The van der Waals surface area contributed by atoms with Crippen LogP contribution in [0.2, 0.25) is 5.02 Å². The first-order chi connectivity index (χ1) is 18.6. The number of carbonyl (C=O) groups excluding carboxylic acids is 1. The lowest BCUT2D eigenvalue weighted by atomic mass is 9.92. The fraction of sp³-hybridized carbons (Fsp3) is 0.323. The summed E-state index contributed by atoms with van der Waals surface area (Å²) in [5.41, 5.74) is 4.17. The van der Waals surface area contributed by atoms with Crippen LogP contribution in [0.3, 0.4) is 0 Å². The first-order valence-electron chi connectivity index (χ1n) is 13.2. The molecular formula is C31H33ClN2O4. The van der Waals surface area contributed by atoms with Crippen molar-refractivity contribution in [2.75, 3.05) is 26.9 Å². The van der Waals surface area contributed by atoms with Gasteiger partial charge in [-0.25, -0.2) is 4.79 Å². The molecule has 1 aromatic heterocycles. The number of fused-ring (bicyclic) bond motifs is 3. The quantitative estimate of drug-likeness (QED) is 0.214. The number of nitrogens with one attached hydrogen (secondary N) is 1. The van der Waals surface area contributed by atoms with Gasteiger partial charge in [-0.15, -0.1) is 0 Å². The molecule has 3 aromatic carbocycles. The number of unbranched alkanes of at least 4 members (excludes halogenated alkanes) is 3. The summed E-state index contributed by atoms with van der Waals surface area (Å²) in [6.07, 6.45) is 4.69. The number of nitrogens with zero attached hydrogens (tertiary/aromatic N) is 1. The van der Waals surface area contributed by atoms with Gasteiger partial charge in [0.25, 0.3) is 0 Å². The van der Waals surface area contributed by atoms with Crippen LogP contribution in [-0.4, -0.2) is 42.8 Å². The Bertz CT molecular complexity index is 1350. The largest absolute Gasteiger partial charge is 0.494 e. The van der Waals surface area contributed by atoms with Gasteiger partial charge < -0.3 is 19.2 Å². The Morgan fingerprint density at radius 2 is 1.71 bits per heavy atom. The van der Waals surface area contributed by atoms with Crippen LogP contribution in [0.4, 0.5) is 4.79 Å². The molecule has 0 radical (unpaired) electrons. The van der Waals surface area contributed by atoms with Crippen molar-refractivity contribution in [2.24, 2.45) is 0 Å². The molecule has 5 rings (SSSR count). The van der Waals surface area contributed by atoms with Crippen molar-refractivity contribution < 1.29 is 19.0 Å². The van der Waals surface area contributed by atoms with E-state index in [0.717, 1.165) is 60.2 Å². The highest BCUT2D eigenvalue weighted by atomic mass is 35.5. The second-order valence-corrected chi connectivity index (χ2v) is 10.00. The van der Waals surface area contributed by atoms with Crippen molar-refractivity contribution in [1.29, 1.82) is 0 Å². The fourth-order valence-electron chi connectivity index (χ4n) is 5.09. The predicted octanol–water partition coefficient (Wildman–Crippen LogP) is 7.55. The average Bonchev–Trinajstić information content (AvgIpc) is 3.31. The number of para-hydroxylation sites is 1. The molecule has 7 heteroatoms. The summed E-state index contributed by atoms with van der Waals surface area (Å²) < 4.78 is 16.8. The van der Waals surface area contributed by atoms with Crippen molar-refractivity contribution in [1.82, 2.24) is 9.88 Å². The lowest BCUT2D eigenvalue weighted by Gasteiger charge is -2.35. The molecule has 0 saturated carbocycles. The maximum Gasteiger partial charge on any atom is 0.416 e. The van der Waals surface area contributed by atoms with E-state index in [4.69, 9.17) is 25.8 Å². The number of rotatable bonds is 10. The van der Waals surface area contributed by atoms with Gasteiger partial charge in [-0.05, 0) is 79.3 Å². The zero-order valence-corrected chi connectivity index (χ0v) is 22.4. The zero-order chi connectivity index (χ0) is 26.3. The number of hydrogen-bond acceptors (Lipinski definition) is 4. The van der Waals surface area contributed by atoms with Gasteiger partial charge in [-0.1, -0.05) is 48.4 Å². The molecule has 4 aromatic rings. The summed E-state index contributed by atoms with van der Waals surface area (Å²) in [6, 6.07) is 22.8. The number of carbonyl (C=O) groups is 1. The zero-order valence-electron chi connectivity index (χ0n) is 21.6. The minimum Gasteiger partial charge on any atom is -0.494 e. The summed E-state index contributed by atoms with van der Waals surface area (Å²) in [5, 5.41) is 1.79. The normalized spacial score (nSPS) is 14.9. The molecular weight excluding hydrogens is 500 g/mol. The summed E-state index contributed by atoms with van der Waals surface area (Å²) in [6.45, 7) is 2.02. The lowest BCUT2D eigenvalue weighted by molar-refractivity contribution is 0.135. The topological polar surface area (TPSA) is 63.8 Å². The minimum absolute atomic E-state index is 0.323. The number of aromatic nitrogens is 1. The van der Waals surface area contributed by atoms with Gasteiger partial charge in [0, 0.05) is 41.9 Å². The van der Waals surface area contributed by atoms with Gasteiger partial charge in [0.05, 0.1) is 6.61 Å². The Morgan fingerprint density at radius 3 is 2.47 bits per heavy atom. The number of amides is 1. The molecule has 38 heavy (non-hydrogen) atoms. The van der Waals surface area contributed by atoms with E-state index in [2.05, 4.69) is 4.98 Å². The van der Waals surface area contributed by atoms with Crippen molar-refractivity contribution in [3.05, 3.63) is 94.6 Å². The number of hydrogen-bond donors (Lipinski definition) is 1. The standard InChI is InChI=1S/C31H33ClN2O4/c1-36-19-7-2-3-8-20-37-24-14-11-22(12-15-24)30-29-26(27-21-23(32)13-16-28(27)33-29)17-18-34(30)31(35)38-25-9-5-4-6-10-25/h4-6,9-16,21,30,33H,2-3,7-8,17-20H2,1H3.